The molecule has 488 valence electrons. The molecule has 0 fully saturated rings. The fourth-order valence-electron chi connectivity index (χ4n) is 12.1. The Balaban J connectivity index is 0.000000146. The third kappa shape index (κ3) is 16.1. The van der Waals surface area contributed by atoms with Crippen LogP contribution in [-0.4, -0.2) is 75.8 Å². The molecule has 1 aliphatic carbocycles. The average molecular weight is 1350 g/mol. The van der Waals surface area contributed by atoms with Crippen LogP contribution in [0.2, 0.25) is 5.15 Å². The number of hydrogen-bond acceptors (Lipinski definition) is 16. The number of sulfone groups is 1. The first-order valence-electron chi connectivity index (χ1n) is 30.4. The Kier molecular flexibility index (Phi) is 20.2. The molecule has 1 atom stereocenters. The average Bonchev–Trinajstić information content (AvgIpc) is 0.938. The summed E-state index contributed by atoms with van der Waals surface area (Å²) in [5.74, 6) is 0.561. The van der Waals surface area contributed by atoms with Crippen LogP contribution < -0.4 is 31.1 Å². The molecule has 2 amide bonds. The summed E-state index contributed by atoms with van der Waals surface area (Å²) in [7, 11) is -3.67. The van der Waals surface area contributed by atoms with Crippen LogP contribution >= 0.6 is 23.1 Å². The van der Waals surface area contributed by atoms with Gasteiger partial charge in [-0.2, -0.15) is 41.0 Å². The highest BCUT2D eigenvalue weighted by molar-refractivity contribution is 7.90. The lowest BCUT2D eigenvalue weighted by molar-refractivity contribution is -0.138. The number of primary amides is 1. The monoisotopic (exact) mass is 1350 g/mol. The predicted octanol–water partition coefficient (Wildman–Crippen LogP) is 13.6. The zero-order valence-corrected chi connectivity index (χ0v) is 53.5. The Morgan fingerprint density at radius 1 is 0.705 bits per heavy atom. The molecule has 17 nitrogen and oxygen atoms in total. The molecular formula is C69H62ClF6N13O4S2. The van der Waals surface area contributed by atoms with Gasteiger partial charge in [-0.25, -0.2) is 28.4 Å². The number of nitriles is 1. The van der Waals surface area contributed by atoms with Crippen molar-refractivity contribution >= 4 is 74.1 Å². The van der Waals surface area contributed by atoms with Crippen LogP contribution in [0, 0.1) is 11.3 Å². The van der Waals surface area contributed by atoms with Crippen LogP contribution in [0.3, 0.4) is 0 Å². The van der Waals surface area contributed by atoms with Crippen LogP contribution in [0.4, 0.5) is 49.6 Å². The minimum Gasteiger partial charge on any atom is -0.367 e. The number of allylic oxidation sites excluding steroid dienone is 2. The van der Waals surface area contributed by atoms with Crippen molar-refractivity contribution < 1.29 is 44.3 Å². The van der Waals surface area contributed by atoms with Crippen molar-refractivity contribution in [3.05, 3.63) is 224 Å². The van der Waals surface area contributed by atoms with Crippen LogP contribution in [0.5, 0.6) is 0 Å². The van der Waals surface area contributed by atoms with Gasteiger partial charge in [0.05, 0.1) is 17.3 Å². The minimum absolute atomic E-state index is 0.0190. The molecule has 5 aromatic carbocycles. The first-order valence-corrected chi connectivity index (χ1v) is 33.2. The van der Waals surface area contributed by atoms with E-state index in [1.165, 1.54) is 77.8 Å². The van der Waals surface area contributed by atoms with Crippen molar-refractivity contribution in [1.82, 2.24) is 34.6 Å². The quantitative estimate of drug-likeness (QED) is 0.0398. The standard InChI is InChI=1S/C24H19F3N4O2S2.C23H28N6O2.C22H15ClF3N3/c25-24(26,27)18-9-7-16(8-10-18)19-4-1-3-17-13-31(12-11-20(17)19)21-5-2-6-23(30-21)35(32,33)14-22-28-15-29-34-22;1-15(25-14-30)26-21-12-20(22(24)31)27-23(28-21)29-11-10-19-17(13-29)8-5-9-18(19)16-6-3-2-4-7-16;23-21-11-18(10-17(12-27)28-21)29-9-8-20-15(13-29)2-1-3-19(20)14-4-6-16(7-5-14)22(24,25)26/h1-10,15H,11-14H2;5-6,8-9,12,14-15H,2-4,7,10-11,13H2,1H3,(H2,24,31)(H,25,30)(H,26,27,28);1-7,10-11H,8-9,13H2/t;15-;/m.0./s1. The number of fused-ring (bicyclic) bond motifs is 3. The summed E-state index contributed by atoms with van der Waals surface area (Å²) in [5.41, 5.74) is 18.6. The maximum absolute atomic E-state index is 12.9. The van der Waals surface area contributed by atoms with Gasteiger partial charge in [0.15, 0.2) is 5.03 Å². The van der Waals surface area contributed by atoms with Crippen LogP contribution in [0.1, 0.15) is 104 Å². The van der Waals surface area contributed by atoms with Gasteiger partial charge in [-0.05, 0) is 179 Å². The second-order valence-corrected chi connectivity index (χ2v) is 26.2. The molecule has 0 radical (unpaired) electrons. The van der Waals surface area contributed by atoms with Crippen LogP contribution in [0.15, 0.2) is 157 Å². The molecule has 95 heavy (non-hydrogen) atoms. The van der Waals surface area contributed by atoms with Crippen molar-refractivity contribution in [2.45, 2.75) is 101 Å². The van der Waals surface area contributed by atoms with Gasteiger partial charge in [0.2, 0.25) is 22.2 Å². The number of amides is 2. The topological polar surface area (TPSA) is 229 Å². The van der Waals surface area contributed by atoms with Gasteiger partial charge < -0.3 is 31.1 Å². The number of benzene rings is 5. The summed E-state index contributed by atoms with van der Waals surface area (Å²) < 4.78 is 107. The summed E-state index contributed by atoms with van der Waals surface area (Å²) >= 11 is 7.07. The third-order valence-electron chi connectivity index (χ3n) is 16.7. The van der Waals surface area contributed by atoms with Crippen molar-refractivity contribution in [2.75, 3.05) is 39.7 Å². The summed E-state index contributed by atoms with van der Waals surface area (Å²) in [6, 6.07) is 40.5. The molecule has 0 saturated heterocycles. The van der Waals surface area contributed by atoms with E-state index in [-0.39, 0.29) is 33.5 Å². The molecule has 13 rings (SSSR count). The number of anilines is 4. The lowest BCUT2D eigenvalue weighted by Crippen LogP contribution is -2.35. The van der Waals surface area contributed by atoms with E-state index in [9.17, 15) is 44.3 Å². The zero-order valence-electron chi connectivity index (χ0n) is 51.1. The van der Waals surface area contributed by atoms with Crippen molar-refractivity contribution in [1.29, 1.82) is 5.26 Å². The van der Waals surface area contributed by atoms with E-state index >= 15 is 0 Å². The number of nitrogens with one attached hydrogen (secondary N) is 2. The number of carbonyl (C=O) groups is 2. The predicted molar refractivity (Wildman–Crippen MR) is 353 cm³/mol. The van der Waals surface area contributed by atoms with Gasteiger partial charge in [0.1, 0.15) is 51.3 Å². The number of pyridine rings is 2. The van der Waals surface area contributed by atoms with E-state index in [0.717, 1.165) is 118 Å². The highest BCUT2D eigenvalue weighted by Crippen LogP contribution is 2.39. The molecule has 3 aliphatic heterocycles. The number of rotatable bonds is 14. The second-order valence-electron chi connectivity index (χ2n) is 23.0. The Morgan fingerprint density at radius 3 is 1.83 bits per heavy atom. The Bertz CT molecular complexity index is 4480. The number of nitrogens with two attached hydrogens (primary N) is 1. The minimum atomic E-state index is -4.37. The lowest BCUT2D eigenvalue weighted by atomic mass is 9.86. The first-order chi connectivity index (χ1) is 45.6. The third-order valence-corrected chi connectivity index (χ3v) is 19.3. The fraction of sp³-hybridized carbons (Fsp3) is 0.261. The Labute approximate surface area is 553 Å². The largest absolute Gasteiger partial charge is 0.416 e. The van der Waals surface area contributed by atoms with Gasteiger partial charge in [-0.15, -0.1) is 0 Å². The second kappa shape index (κ2) is 28.8. The Hall–Kier alpha value is -9.77. The molecule has 4 aliphatic rings. The molecule has 4 aromatic heterocycles. The molecule has 0 unspecified atom stereocenters. The summed E-state index contributed by atoms with van der Waals surface area (Å²) in [4.78, 5) is 50.0. The molecule has 4 N–H and O–H groups in total. The van der Waals surface area contributed by atoms with Gasteiger partial charge in [0.25, 0.3) is 5.91 Å². The maximum atomic E-state index is 12.9. The fourth-order valence-corrected chi connectivity index (χ4v) is 14.4. The van der Waals surface area contributed by atoms with E-state index in [1.54, 1.807) is 31.2 Å². The van der Waals surface area contributed by atoms with Gasteiger partial charge in [0, 0.05) is 51.0 Å². The number of carbonyl (C=O) groups excluding carboxylic acids is 2. The van der Waals surface area contributed by atoms with Crippen LogP contribution in [-0.2, 0) is 71.6 Å². The van der Waals surface area contributed by atoms with E-state index < -0.39 is 39.2 Å². The molecular weight excluding hydrogens is 1290 g/mol. The molecule has 26 heteroatoms. The molecule has 7 heterocycles. The SMILES string of the molecule is C[C@@H](NC=O)Nc1cc(C(N)=O)nc(N2CCc3c(cccc3C3=CCCCC3)C2)n1.N#Cc1cc(N2CCc3c(cccc3-c3ccc(C(F)(F)F)cc3)C2)cc(Cl)n1.O=S(=O)(Cc1ncns1)c1cccc(N2CCc3c(cccc3-c3ccc(C(F)(F)F)cc3)C2)n1. The van der Waals surface area contributed by atoms with E-state index in [0.29, 0.717) is 68.1 Å². The number of alkyl halides is 6. The Morgan fingerprint density at radius 2 is 1.27 bits per heavy atom. The number of aromatic nitrogens is 6. The number of nitrogens with zero attached hydrogens (tertiary/aromatic N) is 10. The maximum Gasteiger partial charge on any atom is 0.416 e. The lowest BCUT2D eigenvalue weighted by Gasteiger charge is -2.32. The molecule has 0 saturated carbocycles. The molecule has 9 aromatic rings. The van der Waals surface area contributed by atoms with E-state index in [4.69, 9.17) is 22.6 Å². The first kappa shape index (κ1) is 66.7. The number of hydrogen-bond donors (Lipinski definition) is 3. The van der Waals surface area contributed by atoms with Crippen molar-refractivity contribution in [3.63, 3.8) is 0 Å². The smallest absolute Gasteiger partial charge is 0.367 e. The van der Waals surface area contributed by atoms with E-state index in [1.807, 2.05) is 47.4 Å². The normalized spacial score (nSPS) is 14.8. The highest BCUT2D eigenvalue weighted by atomic mass is 35.5. The molecule has 0 spiro atoms. The summed E-state index contributed by atoms with van der Waals surface area (Å²) in [6.45, 7) is 5.62. The van der Waals surface area contributed by atoms with E-state index in [2.05, 4.69) is 74.0 Å². The summed E-state index contributed by atoms with van der Waals surface area (Å²) in [6.07, 6.45) is 2.34. The van der Waals surface area contributed by atoms with Gasteiger partial charge >= 0.3 is 12.4 Å². The summed E-state index contributed by atoms with van der Waals surface area (Å²) in [5, 5.41) is 15.4. The van der Waals surface area contributed by atoms with Crippen molar-refractivity contribution in [3.8, 4) is 28.3 Å². The molecule has 0 bridgehead atoms. The van der Waals surface area contributed by atoms with Gasteiger partial charge in [-0.3, -0.25) is 9.59 Å². The van der Waals surface area contributed by atoms with Crippen LogP contribution in [0.25, 0.3) is 27.8 Å². The number of halogens is 7. The van der Waals surface area contributed by atoms with Crippen molar-refractivity contribution in [2.24, 2.45) is 5.73 Å². The van der Waals surface area contributed by atoms with Gasteiger partial charge in [-0.1, -0.05) is 103 Å². The zero-order chi connectivity index (χ0) is 67.0. The highest BCUT2D eigenvalue weighted by Gasteiger charge is 2.32.